The third-order valence-corrected chi connectivity index (χ3v) is 9.90. The molecule has 0 saturated heterocycles. The predicted molar refractivity (Wildman–Crippen MR) is 228 cm³/mol. The van der Waals surface area contributed by atoms with Crippen LogP contribution in [-0.4, -0.2) is 47.9 Å². The van der Waals surface area contributed by atoms with Crippen LogP contribution in [0.4, 0.5) is 11.4 Å². The summed E-state index contributed by atoms with van der Waals surface area (Å²) < 4.78 is 26.7. The van der Waals surface area contributed by atoms with Crippen LogP contribution >= 0.6 is 0 Å². The Balaban J connectivity index is 1.88. The van der Waals surface area contributed by atoms with Crippen molar-refractivity contribution in [3.8, 4) is 23.0 Å². The van der Waals surface area contributed by atoms with Crippen molar-refractivity contribution in [2.75, 3.05) is 36.6 Å². The molecule has 0 heterocycles. The summed E-state index contributed by atoms with van der Waals surface area (Å²) in [5, 5.41) is 26.0. The van der Waals surface area contributed by atoms with E-state index in [0.29, 0.717) is 63.5 Å². The Morgan fingerprint density at radius 3 is 0.875 bits per heavy atom. The van der Waals surface area contributed by atoms with Gasteiger partial charge in [0.1, 0.15) is 23.0 Å². The van der Waals surface area contributed by atoms with Crippen LogP contribution in [-0.2, 0) is 25.7 Å². The fourth-order valence-corrected chi connectivity index (χ4v) is 7.23. The van der Waals surface area contributed by atoms with E-state index in [4.69, 9.17) is 18.9 Å². The smallest absolute Gasteiger partial charge is 0.126 e. The Kier molecular flexibility index (Phi) is 14.3. The quantitative estimate of drug-likeness (QED) is 0.108. The van der Waals surface area contributed by atoms with E-state index >= 15 is 0 Å². The lowest BCUT2D eigenvalue weighted by atomic mass is 9.90. The predicted octanol–water partition coefficient (Wildman–Crippen LogP) is 11.5. The number of ether oxygens (including phenoxy) is 4. The van der Waals surface area contributed by atoms with Crippen LogP contribution in [0.25, 0.3) is 0 Å². The molecule has 0 spiro atoms. The first-order valence-corrected chi connectivity index (χ1v) is 20.7. The molecule has 0 atom stereocenters. The zero-order valence-electron chi connectivity index (χ0n) is 35.7. The average Bonchev–Trinajstić information content (AvgIpc) is 3.14. The second-order valence-corrected chi connectivity index (χ2v) is 17.1. The van der Waals surface area contributed by atoms with Crippen molar-refractivity contribution in [1.29, 1.82) is 0 Å². The molecule has 1 aliphatic carbocycles. The van der Waals surface area contributed by atoms with Gasteiger partial charge in [-0.2, -0.15) is 0 Å². The second-order valence-electron chi connectivity index (χ2n) is 17.1. The summed E-state index contributed by atoms with van der Waals surface area (Å²) in [4.78, 5) is 0. The molecule has 0 aromatic heterocycles. The molecule has 4 aromatic carbocycles. The van der Waals surface area contributed by atoms with Crippen LogP contribution in [0.2, 0.25) is 0 Å². The standard InChI is InChI=1S/C48H66N2O6/c1-11-21-53-43-33-17-15-18-34(43)26-38-30-42(50(52)48(8,9)10)32-40(46(38)56-24-14-4)28-36-20-16-19-35(44(36)54-22-12-2)27-39-31-41(49(51)47(5,6)7)29-37(25-33)45(39)55-23-13-3/h15-20,29-32,51-52H,11-14,21-28H2,1-10H3. The van der Waals surface area contributed by atoms with Gasteiger partial charge in [0.2, 0.25) is 0 Å². The minimum atomic E-state index is -0.539. The molecule has 0 radical (unpaired) electrons. The highest BCUT2D eigenvalue weighted by Crippen LogP contribution is 2.42. The normalized spacial score (nSPS) is 12.9. The molecule has 56 heavy (non-hydrogen) atoms. The molecule has 0 unspecified atom stereocenters. The maximum atomic E-state index is 11.6. The van der Waals surface area contributed by atoms with E-state index in [0.717, 1.165) is 93.2 Å². The van der Waals surface area contributed by atoms with Gasteiger partial charge in [0.15, 0.2) is 0 Å². The first kappa shape index (κ1) is 42.7. The Bertz CT molecular complexity index is 1690. The number of benzene rings is 4. The van der Waals surface area contributed by atoms with Crippen LogP contribution in [0.5, 0.6) is 23.0 Å². The fourth-order valence-electron chi connectivity index (χ4n) is 7.23. The van der Waals surface area contributed by atoms with Gasteiger partial charge in [-0.05, 0) is 114 Å². The lowest BCUT2D eigenvalue weighted by Gasteiger charge is -2.33. The molecule has 4 aromatic rings. The highest BCUT2D eigenvalue weighted by molar-refractivity contribution is 5.63. The van der Waals surface area contributed by atoms with Gasteiger partial charge in [-0.25, -0.2) is 0 Å². The number of rotatable bonds is 14. The summed E-state index contributed by atoms with van der Waals surface area (Å²) >= 11 is 0. The molecule has 304 valence electrons. The molecule has 1 aliphatic rings. The van der Waals surface area contributed by atoms with E-state index in [1.165, 1.54) is 10.1 Å². The zero-order valence-corrected chi connectivity index (χ0v) is 35.7. The maximum absolute atomic E-state index is 11.6. The van der Waals surface area contributed by atoms with Gasteiger partial charge < -0.3 is 18.9 Å². The summed E-state index contributed by atoms with van der Waals surface area (Å²) in [6.07, 6.45) is 5.56. The lowest BCUT2D eigenvalue weighted by molar-refractivity contribution is 0.180. The van der Waals surface area contributed by atoms with Crippen molar-refractivity contribution in [2.45, 2.75) is 132 Å². The summed E-state index contributed by atoms with van der Waals surface area (Å²) in [7, 11) is 0. The Morgan fingerprint density at radius 2 is 0.661 bits per heavy atom. The van der Waals surface area contributed by atoms with E-state index in [-0.39, 0.29) is 0 Å². The highest BCUT2D eigenvalue weighted by atomic mass is 16.5. The molecule has 2 N–H and O–H groups in total. The van der Waals surface area contributed by atoms with E-state index in [9.17, 15) is 10.4 Å². The molecule has 0 aliphatic heterocycles. The van der Waals surface area contributed by atoms with Crippen LogP contribution < -0.4 is 29.1 Å². The van der Waals surface area contributed by atoms with Crippen molar-refractivity contribution in [3.63, 3.8) is 0 Å². The number of para-hydroxylation sites is 2. The van der Waals surface area contributed by atoms with Crippen molar-refractivity contribution >= 4 is 11.4 Å². The first-order chi connectivity index (χ1) is 26.7. The topological polar surface area (TPSA) is 83.9 Å². The largest absolute Gasteiger partial charge is 0.493 e. The van der Waals surface area contributed by atoms with Gasteiger partial charge in [-0.3, -0.25) is 20.5 Å². The Hall–Kier alpha value is -4.40. The van der Waals surface area contributed by atoms with E-state index in [2.05, 4.69) is 88.4 Å². The molecule has 5 rings (SSSR count). The molecule has 8 bridgehead atoms. The van der Waals surface area contributed by atoms with Crippen molar-refractivity contribution < 1.29 is 29.4 Å². The Labute approximate surface area is 336 Å². The summed E-state index contributed by atoms with van der Waals surface area (Å²) in [5.41, 5.74) is 8.38. The molecule has 8 heteroatoms. The monoisotopic (exact) mass is 766 g/mol. The summed E-state index contributed by atoms with van der Waals surface area (Å²) in [6.45, 7) is 22.8. The lowest BCUT2D eigenvalue weighted by Crippen LogP contribution is -2.38. The third kappa shape index (κ3) is 10.1. The SMILES string of the molecule is CCCOc1c2cccc1Cc1cc(N(O)C(C)(C)C)cc(c1OCCC)Cc1cccc(c1OCCC)Cc1cc(N(O)C(C)(C)C)cc(c1OCCC)C2. The van der Waals surface area contributed by atoms with E-state index in [1.807, 2.05) is 41.5 Å². The number of hydrogen-bond donors (Lipinski definition) is 2. The van der Waals surface area contributed by atoms with Gasteiger partial charge in [-0.1, -0.05) is 64.1 Å². The van der Waals surface area contributed by atoms with Crippen LogP contribution in [0.3, 0.4) is 0 Å². The molecular weight excluding hydrogens is 701 g/mol. The number of fused-ring (bicyclic) bond motifs is 8. The minimum Gasteiger partial charge on any atom is -0.493 e. The Morgan fingerprint density at radius 1 is 0.429 bits per heavy atom. The van der Waals surface area contributed by atoms with Crippen LogP contribution in [0.15, 0.2) is 60.7 Å². The number of nitrogens with zero attached hydrogens (tertiary/aromatic N) is 2. The van der Waals surface area contributed by atoms with Gasteiger partial charge in [0, 0.05) is 47.9 Å². The van der Waals surface area contributed by atoms with E-state index in [1.54, 1.807) is 0 Å². The third-order valence-electron chi connectivity index (χ3n) is 9.90. The van der Waals surface area contributed by atoms with Crippen LogP contribution in [0, 0.1) is 0 Å². The minimum absolute atomic E-state index is 0.531. The molecule has 0 saturated carbocycles. The molecule has 8 nitrogen and oxygen atoms in total. The molecular formula is C48H66N2O6. The zero-order chi connectivity index (χ0) is 40.6. The van der Waals surface area contributed by atoms with Gasteiger partial charge >= 0.3 is 0 Å². The van der Waals surface area contributed by atoms with Gasteiger partial charge in [0.25, 0.3) is 0 Å². The molecule has 0 fully saturated rings. The van der Waals surface area contributed by atoms with Gasteiger partial charge in [-0.15, -0.1) is 0 Å². The van der Waals surface area contributed by atoms with Crippen LogP contribution in [0.1, 0.15) is 139 Å². The van der Waals surface area contributed by atoms with Crippen molar-refractivity contribution in [3.05, 3.63) is 105 Å². The maximum Gasteiger partial charge on any atom is 0.126 e. The number of hydroxylamine groups is 2. The highest BCUT2D eigenvalue weighted by Gasteiger charge is 2.28. The first-order valence-electron chi connectivity index (χ1n) is 20.7. The summed E-state index contributed by atoms with van der Waals surface area (Å²) in [5.74, 6) is 3.35. The average molecular weight is 767 g/mol. The van der Waals surface area contributed by atoms with Crippen molar-refractivity contribution in [2.24, 2.45) is 0 Å². The summed E-state index contributed by atoms with van der Waals surface area (Å²) in [6, 6.07) is 21.0. The number of anilines is 2. The van der Waals surface area contributed by atoms with E-state index < -0.39 is 11.1 Å². The second kappa shape index (κ2) is 18.7. The molecule has 0 amide bonds. The fraction of sp³-hybridized carbons (Fsp3) is 0.500. The number of hydrogen-bond acceptors (Lipinski definition) is 8. The van der Waals surface area contributed by atoms with Gasteiger partial charge in [0.05, 0.1) is 48.9 Å². The van der Waals surface area contributed by atoms with Crippen molar-refractivity contribution in [1.82, 2.24) is 0 Å².